The summed E-state index contributed by atoms with van der Waals surface area (Å²) in [5.74, 6) is 0. The first-order chi connectivity index (χ1) is 30.8. The fourth-order valence-corrected chi connectivity index (χ4v) is 9.65. The van der Waals surface area contributed by atoms with E-state index < -0.39 is 5.41 Å². The van der Waals surface area contributed by atoms with Crippen LogP contribution < -0.4 is 0 Å². The van der Waals surface area contributed by atoms with Crippen molar-refractivity contribution in [3.05, 3.63) is 282 Å². The van der Waals surface area contributed by atoms with E-state index in [1.54, 1.807) is 0 Å². The van der Waals surface area contributed by atoms with Gasteiger partial charge in [0.1, 0.15) is 0 Å². The second kappa shape index (κ2) is 15.9. The minimum atomic E-state index is -0.492. The van der Waals surface area contributed by atoms with Crippen LogP contribution in [0, 0.1) is 0 Å². The first-order valence-corrected chi connectivity index (χ1v) is 21.4. The zero-order valence-corrected chi connectivity index (χ0v) is 34.3. The van der Waals surface area contributed by atoms with Gasteiger partial charge < -0.3 is 4.57 Å². The highest BCUT2D eigenvalue weighted by atomic mass is 15.0. The average molecular weight is 790 g/mol. The Morgan fingerprint density at radius 3 is 1.35 bits per heavy atom. The molecule has 292 valence electrons. The number of nitrogens with zero attached hydrogens (tertiary/aromatic N) is 1. The summed E-state index contributed by atoms with van der Waals surface area (Å²) in [6, 6.07) is 90.7. The van der Waals surface area contributed by atoms with Gasteiger partial charge in [0.15, 0.2) is 0 Å². The minimum Gasteiger partial charge on any atom is -0.309 e. The van der Waals surface area contributed by atoms with Crippen molar-refractivity contribution in [2.45, 2.75) is 5.41 Å². The summed E-state index contributed by atoms with van der Waals surface area (Å²) in [5, 5.41) is 4.93. The molecule has 10 aromatic carbocycles. The van der Waals surface area contributed by atoms with Crippen LogP contribution in [-0.2, 0) is 5.41 Å². The molecule has 1 heterocycles. The van der Waals surface area contributed by atoms with Crippen LogP contribution in [0.4, 0.5) is 0 Å². The van der Waals surface area contributed by atoms with E-state index in [1.165, 1.54) is 93.9 Å². The Hall–Kier alpha value is -8.00. The molecule has 0 amide bonds. The minimum absolute atomic E-state index is 0.492. The van der Waals surface area contributed by atoms with Crippen molar-refractivity contribution >= 4 is 44.7 Å². The number of hydrogen-bond donors (Lipinski definition) is 0. The SMILES string of the molecule is C(=C\c1ccc(-c2ccc3c(c2)c2ccccc2n3-c2ccc(-c3ccc(C(c4ccccc4)(c4ccccc4)c4ccccc4)cc3)c3ccccc23)cc1)/c1ccccc1. The molecule has 1 heteroatoms. The Balaban J connectivity index is 0.999. The summed E-state index contributed by atoms with van der Waals surface area (Å²) in [6.45, 7) is 0. The first kappa shape index (κ1) is 37.0. The number of hydrogen-bond acceptors (Lipinski definition) is 0. The van der Waals surface area contributed by atoms with Crippen molar-refractivity contribution in [3.8, 4) is 27.9 Å². The highest BCUT2D eigenvalue weighted by molar-refractivity contribution is 6.12. The molecule has 11 aromatic rings. The maximum absolute atomic E-state index is 2.45. The number of rotatable bonds is 9. The molecule has 0 radical (unpaired) electrons. The molecule has 0 aliphatic rings. The molecule has 0 N–H and O–H groups in total. The highest BCUT2D eigenvalue weighted by Crippen LogP contribution is 2.46. The van der Waals surface area contributed by atoms with Gasteiger partial charge in [-0.1, -0.05) is 237 Å². The Morgan fingerprint density at radius 2 is 0.742 bits per heavy atom. The van der Waals surface area contributed by atoms with Crippen LogP contribution in [0.5, 0.6) is 0 Å². The summed E-state index contributed by atoms with van der Waals surface area (Å²) in [4.78, 5) is 0. The molecule has 0 aliphatic carbocycles. The number of benzene rings is 10. The van der Waals surface area contributed by atoms with Gasteiger partial charge in [0, 0.05) is 16.2 Å². The van der Waals surface area contributed by atoms with E-state index in [4.69, 9.17) is 0 Å². The third-order valence-corrected chi connectivity index (χ3v) is 12.6. The molecule has 0 unspecified atom stereocenters. The lowest BCUT2D eigenvalue weighted by atomic mass is 9.65. The van der Waals surface area contributed by atoms with Crippen LogP contribution in [0.3, 0.4) is 0 Å². The largest absolute Gasteiger partial charge is 0.309 e. The van der Waals surface area contributed by atoms with Crippen LogP contribution in [0.2, 0.25) is 0 Å². The predicted molar refractivity (Wildman–Crippen MR) is 263 cm³/mol. The van der Waals surface area contributed by atoms with Crippen LogP contribution in [-0.4, -0.2) is 4.57 Å². The van der Waals surface area contributed by atoms with Gasteiger partial charge in [-0.3, -0.25) is 0 Å². The maximum Gasteiger partial charge on any atom is 0.0701 e. The van der Waals surface area contributed by atoms with Crippen molar-refractivity contribution < 1.29 is 0 Å². The Morgan fingerprint density at radius 1 is 0.290 bits per heavy atom. The summed E-state index contributed by atoms with van der Waals surface area (Å²) in [7, 11) is 0. The second-order valence-corrected chi connectivity index (χ2v) is 16.1. The lowest BCUT2D eigenvalue weighted by Crippen LogP contribution is -2.30. The van der Waals surface area contributed by atoms with Crippen molar-refractivity contribution in [2.24, 2.45) is 0 Å². The number of aromatic nitrogens is 1. The average Bonchev–Trinajstić information content (AvgIpc) is 3.68. The molecule has 1 nitrogen and oxygen atoms in total. The van der Waals surface area contributed by atoms with Gasteiger partial charge in [0.2, 0.25) is 0 Å². The van der Waals surface area contributed by atoms with Gasteiger partial charge in [-0.2, -0.15) is 0 Å². The third-order valence-electron chi connectivity index (χ3n) is 12.6. The molecule has 62 heavy (non-hydrogen) atoms. The fraction of sp³-hybridized carbons (Fsp3) is 0.0164. The van der Waals surface area contributed by atoms with Gasteiger partial charge in [0.05, 0.1) is 22.1 Å². The topological polar surface area (TPSA) is 4.93 Å². The molecular formula is C61H43N. The Kier molecular flexibility index (Phi) is 9.48. The third kappa shape index (κ3) is 6.43. The summed E-state index contributed by atoms with van der Waals surface area (Å²) < 4.78 is 2.45. The Bertz CT molecular complexity index is 3250. The van der Waals surface area contributed by atoms with E-state index in [-0.39, 0.29) is 0 Å². The van der Waals surface area contributed by atoms with E-state index >= 15 is 0 Å². The van der Waals surface area contributed by atoms with Gasteiger partial charge in [-0.15, -0.1) is 0 Å². The zero-order valence-electron chi connectivity index (χ0n) is 34.3. The molecule has 1 aromatic heterocycles. The Labute approximate surface area is 363 Å². The van der Waals surface area contributed by atoms with Gasteiger partial charge >= 0.3 is 0 Å². The summed E-state index contributed by atoms with van der Waals surface area (Å²) >= 11 is 0. The van der Waals surface area contributed by atoms with Gasteiger partial charge in [0.25, 0.3) is 0 Å². The monoisotopic (exact) mass is 789 g/mol. The molecule has 0 atom stereocenters. The van der Waals surface area contributed by atoms with Crippen LogP contribution >= 0.6 is 0 Å². The molecule has 0 saturated carbocycles. The van der Waals surface area contributed by atoms with Crippen LogP contribution in [0.15, 0.2) is 249 Å². The number of fused-ring (bicyclic) bond motifs is 4. The lowest BCUT2D eigenvalue weighted by molar-refractivity contribution is 0.745. The quantitative estimate of drug-likeness (QED) is 0.101. The first-order valence-electron chi connectivity index (χ1n) is 21.4. The van der Waals surface area contributed by atoms with E-state index in [2.05, 4.69) is 259 Å². The zero-order chi connectivity index (χ0) is 41.3. The molecule has 0 bridgehead atoms. The smallest absolute Gasteiger partial charge is 0.0701 e. The summed E-state index contributed by atoms with van der Waals surface area (Å²) in [5.41, 5.74) is 15.2. The van der Waals surface area contributed by atoms with E-state index in [0.717, 1.165) is 0 Å². The lowest BCUT2D eigenvalue weighted by Gasteiger charge is -2.37. The van der Waals surface area contributed by atoms with Crippen molar-refractivity contribution in [3.63, 3.8) is 0 Å². The summed E-state index contributed by atoms with van der Waals surface area (Å²) in [6.07, 6.45) is 4.34. The molecule has 0 saturated heterocycles. The highest BCUT2D eigenvalue weighted by Gasteiger charge is 2.38. The van der Waals surface area contributed by atoms with E-state index in [9.17, 15) is 0 Å². The van der Waals surface area contributed by atoms with Crippen LogP contribution in [0.25, 0.3) is 72.7 Å². The van der Waals surface area contributed by atoms with Gasteiger partial charge in [-0.05, 0) is 85.3 Å². The molecule has 0 aliphatic heterocycles. The molecule has 0 fully saturated rings. The number of para-hydroxylation sites is 1. The second-order valence-electron chi connectivity index (χ2n) is 16.1. The molecule has 0 spiro atoms. The van der Waals surface area contributed by atoms with Crippen molar-refractivity contribution in [1.82, 2.24) is 4.57 Å². The predicted octanol–water partition coefficient (Wildman–Crippen LogP) is 15.8. The van der Waals surface area contributed by atoms with E-state index in [0.29, 0.717) is 0 Å². The van der Waals surface area contributed by atoms with Crippen LogP contribution in [0.1, 0.15) is 33.4 Å². The van der Waals surface area contributed by atoms with Crippen molar-refractivity contribution in [1.29, 1.82) is 0 Å². The van der Waals surface area contributed by atoms with Gasteiger partial charge in [-0.25, -0.2) is 0 Å². The molecule has 11 rings (SSSR count). The van der Waals surface area contributed by atoms with Crippen molar-refractivity contribution in [2.75, 3.05) is 0 Å². The fourth-order valence-electron chi connectivity index (χ4n) is 9.65. The molecular weight excluding hydrogens is 747 g/mol. The standard InChI is InChI=1S/C61H43N/c1-5-17-44(18-6-1)29-30-45-31-33-46(34-32-45)48-37-41-60-57(43-48)56-27-15-16-28-58(56)62(60)59-42-40-53(54-25-13-14-26-55(54)59)47-35-38-52(39-36-47)61(49-19-7-2-8-20-49,50-21-9-3-10-22-50)51-23-11-4-12-24-51/h1-43H/b30-29+. The maximum atomic E-state index is 2.45. The van der Waals surface area contributed by atoms with E-state index in [1.807, 2.05) is 6.07 Å². The normalized spacial score (nSPS) is 11.8.